The first-order valence-electron chi connectivity index (χ1n) is 7.79. The SMILES string of the molecule is CC(C)Oc1c(Cl)cc(CNC(C)(C)CC(C)(C)C)cc1Cl. The van der Waals surface area contributed by atoms with Crippen LogP contribution in [0.4, 0.5) is 0 Å². The fourth-order valence-electron chi connectivity index (χ4n) is 2.79. The topological polar surface area (TPSA) is 21.3 Å². The molecule has 1 aromatic rings. The third kappa shape index (κ3) is 6.76. The highest BCUT2D eigenvalue weighted by Gasteiger charge is 2.25. The molecule has 0 aliphatic heterocycles. The van der Waals surface area contributed by atoms with Gasteiger partial charge < -0.3 is 10.1 Å². The van der Waals surface area contributed by atoms with Crippen LogP contribution in [0.15, 0.2) is 12.1 Å². The minimum Gasteiger partial charge on any atom is -0.488 e. The van der Waals surface area contributed by atoms with Crippen molar-refractivity contribution in [2.75, 3.05) is 0 Å². The van der Waals surface area contributed by atoms with Crippen molar-refractivity contribution in [2.24, 2.45) is 5.41 Å². The fraction of sp³-hybridized carbons (Fsp3) is 0.667. The Hall–Kier alpha value is -0.440. The summed E-state index contributed by atoms with van der Waals surface area (Å²) in [6.07, 6.45) is 1.13. The van der Waals surface area contributed by atoms with Gasteiger partial charge in [0.15, 0.2) is 5.75 Å². The molecule has 0 unspecified atom stereocenters. The van der Waals surface area contributed by atoms with E-state index in [-0.39, 0.29) is 17.1 Å². The summed E-state index contributed by atoms with van der Waals surface area (Å²) in [7, 11) is 0. The first-order chi connectivity index (χ1) is 9.89. The summed E-state index contributed by atoms with van der Waals surface area (Å²) in [6, 6.07) is 3.84. The summed E-state index contributed by atoms with van der Waals surface area (Å²) >= 11 is 12.6. The molecule has 0 aliphatic rings. The Balaban J connectivity index is 2.79. The maximum absolute atomic E-state index is 6.30. The van der Waals surface area contributed by atoms with Gasteiger partial charge in [-0.2, -0.15) is 0 Å². The molecule has 1 aromatic carbocycles. The maximum atomic E-state index is 6.30. The monoisotopic (exact) mass is 345 g/mol. The Kier molecular flexibility index (Phi) is 6.61. The van der Waals surface area contributed by atoms with Gasteiger partial charge in [-0.05, 0) is 57.2 Å². The molecule has 0 aromatic heterocycles. The van der Waals surface area contributed by atoms with Gasteiger partial charge in [-0.15, -0.1) is 0 Å². The Morgan fingerprint density at radius 1 is 1.05 bits per heavy atom. The molecule has 0 spiro atoms. The Morgan fingerprint density at radius 3 is 1.95 bits per heavy atom. The second-order valence-corrected chi connectivity index (χ2v) is 8.84. The van der Waals surface area contributed by atoms with Crippen LogP contribution in [0.3, 0.4) is 0 Å². The molecule has 1 N–H and O–H groups in total. The van der Waals surface area contributed by atoms with Crippen molar-refractivity contribution in [3.8, 4) is 5.75 Å². The van der Waals surface area contributed by atoms with Gasteiger partial charge in [-0.1, -0.05) is 44.0 Å². The molecule has 1 rings (SSSR count). The predicted octanol–water partition coefficient (Wildman–Crippen LogP) is 6.09. The van der Waals surface area contributed by atoms with Crippen molar-refractivity contribution in [3.05, 3.63) is 27.7 Å². The second kappa shape index (κ2) is 7.42. The number of hydrogen-bond acceptors (Lipinski definition) is 2. The first-order valence-corrected chi connectivity index (χ1v) is 8.55. The third-order valence-electron chi connectivity index (χ3n) is 3.15. The Morgan fingerprint density at radius 2 is 1.55 bits per heavy atom. The van der Waals surface area contributed by atoms with Crippen molar-refractivity contribution in [3.63, 3.8) is 0 Å². The first kappa shape index (κ1) is 19.6. The summed E-state index contributed by atoms with van der Waals surface area (Å²) in [5.74, 6) is 0.566. The minimum absolute atomic E-state index is 0.0459. The average molecular weight is 346 g/mol. The molecular weight excluding hydrogens is 317 g/mol. The number of rotatable bonds is 6. The van der Waals surface area contributed by atoms with Crippen LogP contribution in [-0.4, -0.2) is 11.6 Å². The predicted molar refractivity (Wildman–Crippen MR) is 97.2 cm³/mol. The van der Waals surface area contributed by atoms with Gasteiger partial charge >= 0.3 is 0 Å². The molecule has 0 saturated heterocycles. The van der Waals surface area contributed by atoms with E-state index in [1.54, 1.807) is 0 Å². The quantitative estimate of drug-likeness (QED) is 0.673. The summed E-state index contributed by atoms with van der Waals surface area (Å²) in [6.45, 7) is 15.8. The van der Waals surface area contributed by atoms with Crippen molar-refractivity contribution >= 4 is 23.2 Å². The van der Waals surface area contributed by atoms with Crippen molar-refractivity contribution in [1.82, 2.24) is 5.32 Å². The molecular formula is C18H29Cl2NO. The van der Waals surface area contributed by atoms with Crippen LogP contribution in [0.1, 0.15) is 60.5 Å². The van der Waals surface area contributed by atoms with Gasteiger partial charge in [0.05, 0.1) is 16.1 Å². The molecule has 126 valence electrons. The lowest BCUT2D eigenvalue weighted by atomic mass is 9.82. The highest BCUT2D eigenvalue weighted by Crippen LogP contribution is 2.35. The van der Waals surface area contributed by atoms with Crippen LogP contribution >= 0.6 is 23.2 Å². The molecule has 0 atom stereocenters. The maximum Gasteiger partial charge on any atom is 0.156 e. The molecule has 0 saturated carbocycles. The number of benzene rings is 1. The summed E-state index contributed by atoms with van der Waals surface area (Å²) < 4.78 is 5.66. The van der Waals surface area contributed by atoms with Gasteiger partial charge in [0.25, 0.3) is 0 Å². The number of ether oxygens (including phenoxy) is 1. The number of hydrogen-bond donors (Lipinski definition) is 1. The van der Waals surface area contributed by atoms with E-state index in [0.717, 1.165) is 18.5 Å². The Bertz CT molecular complexity index is 481. The zero-order valence-corrected chi connectivity index (χ0v) is 16.3. The van der Waals surface area contributed by atoms with E-state index < -0.39 is 0 Å². The highest BCUT2D eigenvalue weighted by molar-refractivity contribution is 6.37. The summed E-state index contributed by atoms with van der Waals surface area (Å²) in [4.78, 5) is 0. The van der Waals surface area contributed by atoms with Crippen molar-refractivity contribution < 1.29 is 4.74 Å². The smallest absolute Gasteiger partial charge is 0.156 e. The van der Waals surface area contributed by atoms with E-state index in [1.165, 1.54) is 0 Å². The molecule has 0 bridgehead atoms. The average Bonchev–Trinajstić information content (AvgIpc) is 2.28. The lowest BCUT2D eigenvalue weighted by Crippen LogP contribution is -2.41. The molecule has 2 nitrogen and oxygen atoms in total. The standard InChI is InChI=1S/C18H29Cl2NO/c1-12(2)22-16-14(19)8-13(9-15(16)20)10-21-18(6,7)11-17(3,4)5/h8-9,12,21H,10-11H2,1-7H3. The zero-order valence-electron chi connectivity index (χ0n) is 14.8. The number of halogens is 2. The fourth-order valence-corrected chi connectivity index (χ4v) is 3.41. The second-order valence-electron chi connectivity index (χ2n) is 8.03. The van der Waals surface area contributed by atoms with E-state index in [9.17, 15) is 0 Å². The molecule has 22 heavy (non-hydrogen) atoms. The molecule has 0 heterocycles. The van der Waals surface area contributed by atoms with E-state index in [4.69, 9.17) is 27.9 Å². The molecule has 4 heteroatoms. The van der Waals surface area contributed by atoms with Gasteiger partial charge in [-0.3, -0.25) is 0 Å². The lowest BCUT2D eigenvalue weighted by Gasteiger charge is -2.33. The largest absolute Gasteiger partial charge is 0.488 e. The molecule has 0 fully saturated rings. The third-order valence-corrected chi connectivity index (χ3v) is 3.72. The van der Waals surface area contributed by atoms with Gasteiger partial charge in [0, 0.05) is 12.1 Å². The van der Waals surface area contributed by atoms with Crippen LogP contribution in [0.25, 0.3) is 0 Å². The van der Waals surface area contributed by atoms with Crippen LogP contribution in [-0.2, 0) is 6.54 Å². The van der Waals surface area contributed by atoms with E-state index in [2.05, 4.69) is 39.9 Å². The minimum atomic E-state index is 0.0459. The van der Waals surface area contributed by atoms with Crippen molar-refractivity contribution in [1.29, 1.82) is 0 Å². The highest BCUT2D eigenvalue weighted by atomic mass is 35.5. The summed E-state index contributed by atoms with van der Waals surface area (Å²) in [5.41, 5.74) is 1.39. The van der Waals surface area contributed by atoms with E-state index >= 15 is 0 Å². The Labute approximate surface area is 145 Å². The van der Waals surface area contributed by atoms with Crippen LogP contribution in [0.5, 0.6) is 5.75 Å². The molecule has 0 aliphatic carbocycles. The zero-order chi connectivity index (χ0) is 17.1. The number of nitrogens with one attached hydrogen (secondary N) is 1. The van der Waals surface area contributed by atoms with Gasteiger partial charge in [0.1, 0.15) is 0 Å². The van der Waals surface area contributed by atoms with Gasteiger partial charge in [-0.25, -0.2) is 0 Å². The van der Waals surface area contributed by atoms with Crippen LogP contribution in [0.2, 0.25) is 10.0 Å². The molecule has 0 amide bonds. The molecule has 0 radical (unpaired) electrons. The lowest BCUT2D eigenvalue weighted by molar-refractivity contribution is 0.240. The van der Waals surface area contributed by atoms with Crippen molar-refractivity contribution in [2.45, 2.75) is 73.1 Å². The van der Waals surface area contributed by atoms with E-state index in [0.29, 0.717) is 15.8 Å². The summed E-state index contributed by atoms with van der Waals surface area (Å²) in [5, 5.41) is 4.71. The van der Waals surface area contributed by atoms with E-state index in [1.807, 2.05) is 26.0 Å². The normalized spacial score (nSPS) is 12.8. The van der Waals surface area contributed by atoms with Crippen LogP contribution in [0, 0.1) is 5.41 Å². The van der Waals surface area contributed by atoms with Crippen LogP contribution < -0.4 is 10.1 Å². The van der Waals surface area contributed by atoms with Gasteiger partial charge in [0.2, 0.25) is 0 Å².